The van der Waals surface area contributed by atoms with Gasteiger partial charge < -0.3 is 0 Å². The molecule has 0 N–H and O–H groups in total. The lowest BCUT2D eigenvalue weighted by Crippen LogP contribution is -2.23. The minimum atomic E-state index is 0.688. The third-order valence-electron chi connectivity index (χ3n) is 15.0. The van der Waals surface area contributed by atoms with Crippen LogP contribution in [0.1, 0.15) is 301 Å². The van der Waals surface area contributed by atoms with Crippen molar-refractivity contribution in [3.05, 3.63) is 90.3 Å². The molecule has 0 aliphatic rings. The van der Waals surface area contributed by atoms with Crippen LogP contribution in [0, 0.1) is 6.92 Å². The Hall–Kier alpha value is -2.82. The van der Waals surface area contributed by atoms with Gasteiger partial charge in [-0.3, -0.25) is 9.68 Å². The van der Waals surface area contributed by atoms with Crippen molar-refractivity contribution in [3.63, 3.8) is 0 Å². The van der Waals surface area contributed by atoms with E-state index in [1.165, 1.54) is 255 Å². The summed E-state index contributed by atoms with van der Waals surface area (Å²) in [6, 6.07) is 24.7. The van der Waals surface area contributed by atoms with E-state index < -0.39 is 0 Å². The third kappa shape index (κ3) is 29.6. The molecule has 0 atom stereocenters. The lowest BCUT2D eigenvalue weighted by molar-refractivity contribution is 0.128. The van der Waals surface area contributed by atoms with Crippen molar-refractivity contribution >= 4 is 22.7 Å². The number of aryl methyl sites for hydroxylation is 2. The molecule has 4 nitrogen and oxygen atoms in total. The second-order valence-electron chi connectivity index (χ2n) is 21.6. The number of nitrogens with zero attached hydrogens (tertiary/aromatic N) is 2. The minimum absolute atomic E-state index is 0.688. The molecule has 0 aliphatic heterocycles. The molecule has 4 heteroatoms. The number of para-hydroxylation sites is 2. The summed E-state index contributed by atoms with van der Waals surface area (Å²) < 4.78 is 0. The number of rotatable bonds is 50. The molecule has 0 unspecified atom stereocenters. The van der Waals surface area contributed by atoms with Gasteiger partial charge in [0.05, 0.1) is 36.0 Å². The monoisotopic (exact) mass is 978 g/mol. The molecule has 0 heterocycles. The van der Waals surface area contributed by atoms with E-state index in [1.54, 1.807) is 0 Å². The fourth-order valence-corrected chi connectivity index (χ4v) is 10.4. The van der Waals surface area contributed by atoms with Gasteiger partial charge in [-0.25, -0.2) is 10.1 Å². The van der Waals surface area contributed by atoms with Crippen LogP contribution in [0.25, 0.3) is 0 Å². The van der Waals surface area contributed by atoms with E-state index in [4.69, 9.17) is 9.68 Å². The summed E-state index contributed by atoms with van der Waals surface area (Å²) in [6.07, 6.45) is 55.3. The van der Waals surface area contributed by atoms with Gasteiger partial charge in [-0.2, -0.15) is 0 Å². The van der Waals surface area contributed by atoms with Crippen molar-refractivity contribution in [3.8, 4) is 0 Å². The van der Waals surface area contributed by atoms with Crippen LogP contribution < -0.4 is 10.1 Å². The Morgan fingerprint density at radius 3 is 0.972 bits per heavy atom. The van der Waals surface area contributed by atoms with Gasteiger partial charge in [-0.05, 0) is 86.4 Å². The number of unbranched alkanes of at least 4 members (excludes halogenated alkanes) is 36. The maximum absolute atomic E-state index is 7.00. The number of hydrogen-bond donors (Lipinski definition) is 0. The van der Waals surface area contributed by atoms with Crippen LogP contribution >= 0.6 is 0 Å². The van der Waals surface area contributed by atoms with E-state index in [1.807, 2.05) is 0 Å². The largest absolute Gasteiger partial charge is 0.269 e. The summed E-state index contributed by atoms with van der Waals surface area (Å²) in [6.45, 7) is 15.3. The summed E-state index contributed by atoms with van der Waals surface area (Å²) in [5.41, 5.74) is 8.04. The number of benzene rings is 3. The van der Waals surface area contributed by atoms with Gasteiger partial charge in [-0.15, -0.1) is 0 Å². The highest BCUT2D eigenvalue weighted by Gasteiger charge is 2.21. The first-order valence-electron chi connectivity index (χ1n) is 31.1. The van der Waals surface area contributed by atoms with Crippen molar-refractivity contribution in [1.82, 2.24) is 0 Å². The van der Waals surface area contributed by atoms with Crippen molar-refractivity contribution in [2.45, 2.75) is 297 Å². The zero-order valence-corrected chi connectivity index (χ0v) is 47.4. The summed E-state index contributed by atoms with van der Waals surface area (Å²) in [4.78, 5) is 14.0. The normalized spacial score (nSPS) is 11.5. The van der Waals surface area contributed by atoms with Crippen LogP contribution in [0.4, 0.5) is 22.7 Å². The molecule has 0 saturated heterocycles. The Balaban J connectivity index is 1.80. The lowest BCUT2D eigenvalue weighted by Gasteiger charge is -2.31. The van der Waals surface area contributed by atoms with Crippen LogP contribution in [0.5, 0.6) is 0 Å². The first kappa shape index (κ1) is 62.5. The average molecular weight is 979 g/mol. The standard InChI is InChI=1S/C67H113N2O2/c1-6-10-14-18-22-26-28-30-32-36-40-48-58-70-68(65-54-46-44-52-62(65)50-42-38-34-24-20-16-12-8-3)64-57-56-61(5)67(60-64)69(71-59-49-41-37-33-31-29-27-23-19-15-11-7-2)66-55-47-45-53-63(66)51-43-39-35-25-21-17-13-9-4/h44-47,52-57,60H,5-43,48-51,58-59H2,1-4H3. The topological polar surface area (TPSA) is 24.9 Å². The highest BCUT2D eigenvalue weighted by molar-refractivity contribution is 5.74. The molecule has 1 radical (unpaired) electrons. The number of anilines is 4. The molecule has 0 bridgehead atoms. The van der Waals surface area contributed by atoms with E-state index in [0.717, 1.165) is 54.0 Å². The first-order chi connectivity index (χ1) is 35.1. The van der Waals surface area contributed by atoms with Gasteiger partial charge in [0.15, 0.2) is 0 Å². The second kappa shape index (κ2) is 44.6. The van der Waals surface area contributed by atoms with E-state index in [2.05, 4.69) is 111 Å². The van der Waals surface area contributed by atoms with E-state index in [-0.39, 0.29) is 0 Å². The van der Waals surface area contributed by atoms with Crippen molar-refractivity contribution in [2.24, 2.45) is 0 Å². The molecule has 71 heavy (non-hydrogen) atoms. The quantitative estimate of drug-likeness (QED) is 0.0416. The van der Waals surface area contributed by atoms with Gasteiger partial charge in [0, 0.05) is 0 Å². The average Bonchev–Trinajstić information content (AvgIpc) is 3.39. The third-order valence-corrected chi connectivity index (χ3v) is 15.0. The molecule has 0 spiro atoms. The van der Waals surface area contributed by atoms with Crippen molar-refractivity contribution in [2.75, 3.05) is 23.3 Å². The molecule has 3 aromatic carbocycles. The van der Waals surface area contributed by atoms with Crippen LogP contribution in [0.15, 0.2) is 66.7 Å². The van der Waals surface area contributed by atoms with E-state index >= 15 is 0 Å². The van der Waals surface area contributed by atoms with Gasteiger partial charge >= 0.3 is 0 Å². The minimum Gasteiger partial charge on any atom is -0.269 e. The Morgan fingerprint density at radius 2 is 0.606 bits per heavy atom. The van der Waals surface area contributed by atoms with Gasteiger partial charge in [0.25, 0.3) is 0 Å². The molecule has 403 valence electrons. The Morgan fingerprint density at radius 1 is 0.310 bits per heavy atom. The molecule has 3 aromatic rings. The van der Waals surface area contributed by atoms with Gasteiger partial charge in [0.1, 0.15) is 0 Å². The zero-order valence-electron chi connectivity index (χ0n) is 47.4. The summed E-state index contributed by atoms with van der Waals surface area (Å²) >= 11 is 0. The zero-order chi connectivity index (χ0) is 50.5. The Bertz CT molecular complexity index is 1640. The van der Waals surface area contributed by atoms with E-state index in [9.17, 15) is 0 Å². The summed E-state index contributed by atoms with van der Waals surface area (Å²) in [7, 11) is 0. The smallest absolute Gasteiger partial charge is 0.0753 e. The highest BCUT2D eigenvalue weighted by atomic mass is 16.7. The molecule has 0 aromatic heterocycles. The van der Waals surface area contributed by atoms with E-state index in [0.29, 0.717) is 13.2 Å². The van der Waals surface area contributed by atoms with Crippen LogP contribution in [-0.4, -0.2) is 13.2 Å². The van der Waals surface area contributed by atoms with Crippen LogP contribution in [-0.2, 0) is 22.5 Å². The number of hydrogen-bond acceptors (Lipinski definition) is 4. The first-order valence-corrected chi connectivity index (χ1v) is 31.1. The van der Waals surface area contributed by atoms with Crippen molar-refractivity contribution in [1.29, 1.82) is 0 Å². The molecule has 0 aliphatic carbocycles. The Labute approximate surface area is 441 Å². The fraction of sp³-hybridized carbons (Fsp3) is 0.716. The van der Waals surface area contributed by atoms with Crippen molar-refractivity contribution < 1.29 is 9.68 Å². The van der Waals surface area contributed by atoms with Gasteiger partial charge in [-0.1, -0.05) is 301 Å². The molecule has 0 fully saturated rings. The summed E-state index contributed by atoms with van der Waals surface area (Å²) in [5.74, 6) is 0. The highest BCUT2D eigenvalue weighted by Crippen LogP contribution is 2.38. The Kier molecular flexibility index (Phi) is 39.3. The maximum Gasteiger partial charge on any atom is 0.0753 e. The fourth-order valence-electron chi connectivity index (χ4n) is 10.4. The van der Waals surface area contributed by atoms with Crippen LogP contribution in [0.2, 0.25) is 0 Å². The second-order valence-corrected chi connectivity index (χ2v) is 21.6. The lowest BCUT2D eigenvalue weighted by atomic mass is 10.0. The molecular formula is C67H113N2O2. The molecule has 0 amide bonds. The van der Waals surface area contributed by atoms with Crippen LogP contribution in [0.3, 0.4) is 0 Å². The molecular weight excluding hydrogens is 865 g/mol. The SMILES string of the molecule is [CH2]c1ccc(N(OCCCCCCCCCCCCCC)c2ccccc2CCCCCCCCCC)cc1N(OCCCCCCCCCCCCCC)c1ccccc1CCCCCCCCCC. The molecule has 3 rings (SSSR count). The maximum atomic E-state index is 7.00. The predicted molar refractivity (Wildman–Crippen MR) is 315 cm³/mol. The van der Waals surface area contributed by atoms with Gasteiger partial charge in [0.2, 0.25) is 0 Å². The molecule has 0 saturated carbocycles. The predicted octanol–water partition coefficient (Wildman–Crippen LogP) is 22.8. The summed E-state index contributed by atoms with van der Waals surface area (Å²) in [5, 5.41) is 4.32.